The van der Waals surface area contributed by atoms with Gasteiger partial charge < -0.3 is 10.1 Å². The maximum atomic E-state index is 12.3. The van der Waals surface area contributed by atoms with Crippen molar-refractivity contribution in [2.75, 3.05) is 12.3 Å². The fourth-order valence-electron chi connectivity index (χ4n) is 2.34. The summed E-state index contributed by atoms with van der Waals surface area (Å²) in [5.41, 5.74) is 1.71. The minimum absolute atomic E-state index is 0.113. The van der Waals surface area contributed by atoms with E-state index in [9.17, 15) is 4.79 Å². The highest BCUT2D eigenvalue weighted by Gasteiger charge is 2.31. The third-order valence-corrected chi connectivity index (χ3v) is 4.49. The van der Waals surface area contributed by atoms with Gasteiger partial charge in [0.1, 0.15) is 11.9 Å². The Balaban J connectivity index is 1.88. The highest BCUT2D eigenvalue weighted by molar-refractivity contribution is 8.14. The van der Waals surface area contributed by atoms with Gasteiger partial charge in [-0.1, -0.05) is 30.8 Å². The molecule has 1 aromatic carbocycles. The number of carbonyl (C=O) groups excluding carboxylic acids is 1. The zero-order valence-corrected chi connectivity index (χ0v) is 11.8. The first-order valence-electron chi connectivity index (χ1n) is 6.45. The van der Waals surface area contributed by atoms with Crippen LogP contribution < -0.4 is 10.1 Å². The third-order valence-electron chi connectivity index (χ3n) is 3.59. The van der Waals surface area contributed by atoms with Crippen molar-refractivity contribution in [3.05, 3.63) is 29.3 Å². The fraction of sp³-hybridized carbons (Fsp3) is 0.429. The molecule has 0 bridgehead atoms. The fourth-order valence-corrected chi connectivity index (χ4v) is 3.06. The van der Waals surface area contributed by atoms with Gasteiger partial charge in [0.2, 0.25) is 0 Å². The lowest BCUT2D eigenvalue weighted by Gasteiger charge is -2.09. The number of hydrogen-bond acceptors (Lipinski definition) is 4. The SMILES string of the molecule is C[C@@H]1Oc2c(C(=O)NC3=NCCS3)cccc2[C@@H]1C. The van der Waals surface area contributed by atoms with Crippen molar-refractivity contribution in [1.82, 2.24) is 5.32 Å². The summed E-state index contributed by atoms with van der Waals surface area (Å²) >= 11 is 1.58. The Labute approximate surface area is 116 Å². The Kier molecular flexibility index (Phi) is 3.22. The van der Waals surface area contributed by atoms with Crippen LogP contribution in [0, 0.1) is 0 Å². The Morgan fingerprint density at radius 1 is 1.47 bits per heavy atom. The van der Waals surface area contributed by atoms with Crippen LogP contribution in [0.1, 0.15) is 35.7 Å². The van der Waals surface area contributed by atoms with Crippen molar-refractivity contribution in [3.8, 4) is 5.75 Å². The van der Waals surface area contributed by atoms with E-state index in [-0.39, 0.29) is 12.0 Å². The molecule has 2 aliphatic rings. The van der Waals surface area contributed by atoms with Gasteiger partial charge in [0.15, 0.2) is 5.17 Å². The zero-order valence-electron chi connectivity index (χ0n) is 11.0. The van der Waals surface area contributed by atoms with E-state index in [1.807, 2.05) is 19.1 Å². The summed E-state index contributed by atoms with van der Waals surface area (Å²) < 4.78 is 5.83. The van der Waals surface area contributed by atoms with Crippen molar-refractivity contribution in [2.24, 2.45) is 4.99 Å². The molecule has 0 unspecified atom stereocenters. The summed E-state index contributed by atoms with van der Waals surface area (Å²) in [6, 6.07) is 5.75. The van der Waals surface area contributed by atoms with Crippen LogP contribution in [-0.4, -0.2) is 29.5 Å². The number of thioether (sulfide) groups is 1. The molecule has 0 aliphatic carbocycles. The van der Waals surface area contributed by atoms with Crippen LogP contribution >= 0.6 is 11.8 Å². The number of para-hydroxylation sites is 1. The van der Waals surface area contributed by atoms with Gasteiger partial charge in [-0.3, -0.25) is 9.79 Å². The molecule has 4 nitrogen and oxygen atoms in total. The number of nitrogens with one attached hydrogen (secondary N) is 1. The standard InChI is InChI=1S/C14H16N2O2S/c1-8-9(2)18-12-10(8)4-3-5-11(12)13(17)16-14-15-6-7-19-14/h3-5,8-9H,6-7H2,1-2H3,(H,15,16,17)/t8-,9+/m1/s1. The van der Waals surface area contributed by atoms with Crippen LogP contribution in [0.25, 0.3) is 0 Å². The molecular weight excluding hydrogens is 260 g/mol. The summed E-state index contributed by atoms with van der Waals surface area (Å²) in [6.45, 7) is 4.93. The van der Waals surface area contributed by atoms with Gasteiger partial charge in [0.05, 0.1) is 12.1 Å². The average molecular weight is 276 g/mol. The second-order valence-corrected chi connectivity index (χ2v) is 5.91. The van der Waals surface area contributed by atoms with Crippen LogP contribution in [0.4, 0.5) is 0 Å². The molecule has 100 valence electrons. The first kappa shape index (κ1) is 12.5. The van der Waals surface area contributed by atoms with Crippen LogP contribution in [0.5, 0.6) is 5.75 Å². The number of amides is 1. The molecule has 2 heterocycles. The first-order chi connectivity index (χ1) is 9.16. The maximum Gasteiger partial charge on any atom is 0.260 e. The third kappa shape index (κ3) is 2.23. The first-order valence-corrected chi connectivity index (χ1v) is 7.43. The number of nitrogens with zero attached hydrogens (tertiary/aromatic N) is 1. The van der Waals surface area contributed by atoms with Crippen LogP contribution in [-0.2, 0) is 0 Å². The minimum Gasteiger partial charge on any atom is -0.489 e. The van der Waals surface area contributed by atoms with Gasteiger partial charge >= 0.3 is 0 Å². The molecule has 1 N–H and O–H groups in total. The summed E-state index contributed by atoms with van der Waals surface area (Å²) in [6.07, 6.45) is 0.113. The minimum atomic E-state index is -0.133. The van der Waals surface area contributed by atoms with Gasteiger partial charge in [-0.15, -0.1) is 0 Å². The molecule has 5 heteroatoms. The summed E-state index contributed by atoms with van der Waals surface area (Å²) in [5.74, 6) is 1.85. The molecule has 3 rings (SSSR count). The van der Waals surface area contributed by atoms with E-state index in [0.717, 1.165) is 23.6 Å². The molecule has 0 spiro atoms. The van der Waals surface area contributed by atoms with E-state index in [0.29, 0.717) is 16.6 Å². The van der Waals surface area contributed by atoms with Gasteiger partial charge in [-0.2, -0.15) is 0 Å². The summed E-state index contributed by atoms with van der Waals surface area (Å²) in [7, 11) is 0. The van der Waals surface area contributed by atoms with Crippen molar-refractivity contribution in [1.29, 1.82) is 0 Å². The van der Waals surface area contributed by atoms with Gasteiger partial charge in [0.25, 0.3) is 5.91 Å². The average Bonchev–Trinajstić information content (AvgIpc) is 2.99. The van der Waals surface area contributed by atoms with Crippen LogP contribution in [0.15, 0.2) is 23.2 Å². The number of hydrogen-bond donors (Lipinski definition) is 1. The number of benzene rings is 1. The molecule has 1 amide bonds. The van der Waals surface area contributed by atoms with Gasteiger partial charge in [-0.05, 0) is 13.0 Å². The van der Waals surface area contributed by atoms with E-state index in [2.05, 4.69) is 17.2 Å². The zero-order chi connectivity index (χ0) is 13.4. The molecule has 0 fully saturated rings. The molecule has 2 atom stereocenters. The molecule has 1 aromatic rings. The van der Waals surface area contributed by atoms with Crippen LogP contribution in [0.2, 0.25) is 0 Å². The lowest BCUT2D eigenvalue weighted by molar-refractivity contribution is 0.0973. The normalized spacial score (nSPS) is 24.6. The predicted molar refractivity (Wildman–Crippen MR) is 77.2 cm³/mol. The predicted octanol–water partition coefficient (Wildman–Crippen LogP) is 2.40. The molecule has 19 heavy (non-hydrogen) atoms. The summed E-state index contributed by atoms with van der Waals surface area (Å²) in [5, 5.41) is 3.56. The molecule has 0 aromatic heterocycles. The lowest BCUT2D eigenvalue weighted by Crippen LogP contribution is -2.27. The Bertz CT molecular complexity index is 556. The topological polar surface area (TPSA) is 50.7 Å². The highest BCUT2D eigenvalue weighted by Crippen LogP contribution is 2.40. The maximum absolute atomic E-state index is 12.3. The van der Waals surface area contributed by atoms with Gasteiger partial charge in [-0.25, -0.2) is 0 Å². The lowest BCUT2D eigenvalue weighted by atomic mass is 9.97. The molecule has 0 radical (unpaired) electrons. The van der Waals surface area contributed by atoms with Crippen molar-refractivity contribution < 1.29 is 9.53 Å². The van der Waals surface area contributed by atoms with Crippen molar-refractivity contribution in [2.45, 2.75) is 25.9 Å². The second kappa shape index (κ2) is 4.89. The van der Waals surface area contributed by atoms with E-state index in [4.69, 9.17) is 4.74 Å². The van der Waals surface area contributed by atoms with Crippen molar-refractivity contribution in [3.63, 3.8) is 0 Å². The number of ether oxygens (including phenoxy) is 1. The van der Waals surface area contributed by atoms with Gasteiger partial charge in [0, 0.05) is 17.2 Å². The quantitative estimate of drug-likeness (QED) is 0.857. The smallest absolute Gasteiger partial charge is 0.260 e. The molecule has 2 aliphatic heterocycles. The molecule has 0 saturated carbocycles. The number of fused-ring (bicyclic) bond motifs is 1. The van der Waals surface area contributed by atoms with E-state index in [1.54, 1.807) is 17.8 Å². The second-order valence-electron chi connectivity index (χ2n) is 4.83. The van der Waals surface area contributed by atoms with E-state index >= 15 is 0 Å². The summed E-state index contributed by atoms with van der Waals surface area (Å²) in [4.78, 5) is 16.5. The Morgan fingerprint density at radius 2 is 2.32 bits per heavy atom. The number of carbonyl (C=O) groups is 1. The molecular formula is C14H16N2O2S. The van der Waals surface area contributed by atoms with Crippen molar-refractivity contribution >= 4 is 22.8 Å². The molecule has 0 saturated heterocycles. The van der Waals surface area contributed by atoms with E-state index in [1.165, 1.54) is 0 Å². The number of amidine groups is 1. The van der Waals surface area contributed by atoms with Crippen LogP contribution in [0.3, 0.4) is 0 Å². The highest BCUT2D eigenvalue weighted by atomic mass is 32.2. The monoisotopic (exact) mass is 276 g/mol. The largest absolute Gasteiger partial charge is 0.489 e. The number of aliphatic imine (C=N–C) groups is 1. The Hall–Kier alpha value is -1.49. The number of rotatable bonds is 1. The van der Waals surface area contributed by atoms with E-state index < -0.39 is 0 Å². The Morgan fingerprint density at radius 3 is 3.05 bits per heavy atom.